The summed E-state index contributed by atoms with van der Waals surface area (Å²) in [4.78, 5) is 22.3. The van der Waals surface area contributed by atoms with Gasteiger partial charge in [0.15, 0.2) is 5.69 Å². The lowest BCUT2D eigenvalue weighted by Gasteiger charge is -2.03. The van der Waals surface area contributed by atoms with Crippen LogP contribution < -0.4 is 5.32 Å². The van der Waals surface area contributed by atoms with Crippen molar-refractivity contribution in [1.82, 2.24) is 5.16 Å². The first kappa shape index (κ1) is 12.8. The molecule has 1 heterocycles. The fourth-order valence-electron chi connectivity index (χ4n) is 1.55. The van der Waals surface area contributed by atoms with Crippen LogP contribution in [0.5, 0.6) is 0 Å². The number of hydrogen-bond acceptors (Lipinski definition) is 4. The van der Waals surface area contributed by atoms with Gasteiger partial charge in [0.25, 0.3) is 5.91 Å². The highest BCUT2D eigenvalue weighted by atomic mass is 16.5. The summed E-state index contributed by atoms with van der Waals surface area (Å²) in [5, 5.41) is 14.9. The second kappa shape index (κ2) is 5.34. The molecule has 2 rings (SSSR count). The molecule has 6 heteroatoms. The van der Waals surface area contributed by atoms with Gasteiger partial charge in [-0.2, -0.15) is 0 Å². The zero-order valence-corrected chi connectivity index (χ0v) is 10.2. The van der Waals surface area contributed by atoms with Gasteiger partial charge in [-0.1, -0.05) is 17.3 Å². The molecule has 0 fully saturated rings. The number of carboxylic acid groups (broad SMARTS) is 1. The molecule has 0 unspecified atom stereocenters. The Balaban J connectivity index is 2.03. The first-order chi connectivity index (χ1) is 9.04. The van der Waals surface area contributed by atoms with E-state index >= 15 is 0 Å². The molecule has 1 aromatic carbocycles. The molecule has 0 saturated heterocycles. The van der Waals surface area contributed by atoms with Crippen LogP contribution in [0, 0.1) is 6.92 Å². The molecule has 0 saturated carbocycles. The van der Waals surface area contributed by atoms with E-state index in [4.69, 9.17) is 9.63 Å². The largest absolute Gasteiger partial charge is 0.481 e. The molecule has 98 valence electrons. The van der Waals surface area contributed by atoms with Crippen LogP contribution in [-0.2, 0) is 11.2 Å². The van der Waals surface area contributed by atoms with Crippen molar-refractivity contribution in [1.29, 1.82) is 0 Å². The highest BCUT2D eigenvalue weighted by molar-refractivity contribution is 6.02. The summed E-state index contributed by atoms with van der Waals surface area (Å²) in [5.74, 6) is -0.709. The number of nitrogens with zero attached hydrogens (tertiary/aromatic N) is 1. The summed E-state index contributed by atoms with van der Waals surface area (Å²) >= 11 is 0. The van der Waals surface area contributed by atoms with E-state index in [0.717, 1.165) is 0 Å². The topological polar surface area (TPSA) is 92.4 Å². The van der Waals surface area contributed by atoms with E-state index in [9.17, 15) is 9.59 Å². The number of carboxylic acids is 1. The maximum Gasteiger partial charge on any atom is 0.307 e. The SMILES string of the molecule is Cc1cc(C(=O)Nc2ccc(CC(=O)O)cc2)no1. The second-order valence-electron chi connectivity index (χ2n) is 4.04. The molecule has 2 N–H and O–H groups in total. The monoisotopic (exact) mass is 260 g/mol. The molecule has 0 aliphatic carbocycles. The highest BCUT2D eigenvalue weighted by Gasteiger charge is 2.11. The van der Waals surface area contributed by atoms with Crippen molar-refractivity contribution in [2.24, 2.45) is 0 Å². The molecule has 0 radical (unpaired) electrons. The van der Waals surface area contributed by atoms with Crippen LogP contribution in [0.3, 0.4) is 0 Å². The van der Waals surface area contributed by atoms with Crippen LogP contribution in [0.1, 0.15) is 21.8 Å². The van der Waals surface area contributed by atoms with Crippen LogP contribution in [0.2, 0.25) is 0 Å². The Kier molecular flexibility index (Phi) is 3.61. The zero-order valence-electron chi connectivity index (χ0n) is 10.2. The van der Waals surface area contributed by atoms with Crippen molar-refractivity contribution in [3.63, 3.8) is 0 Å². The predicted octanol–water partition coefficient (Wildman–Crippen LogP) is 1.86. The van der Waals surface area contributed by atoms with Crippen LogP contribution in [-0.4, -0.2) is 22.1 Å². The minimum absolute atomic E-state index is 0.0449. The average Bonchev–Trinajstić information content (AvgIpc) is 2.78. The van der Waals surface area contributed by atoms with E-state index in [0.29, 0.717) is 17.0 Å². The number of hydrogen-bond donors (Lipinski definition) is 2. The lowest BCUT2D eigenvalue weighted by Crippen LogP contribution is -2.12. The van der Waals surface area contributed by atoms with Gasteiger partial charge < -0.3 is 14.9 Å². The van der Waals surface area contributed by atoms with Gasteiger partial charge >= 0.3 is 5.97 Å². The molecule has 0 aliphatic rings. The number of benzene rings is 1. The molecular formula is C13H12N2O4. The molecule has 1 aromatic heterocycles. The minimum Gasteiger partial charge on any atom is -0.481 e. The number of anilines is 1. The lowest BCUT2D eigenvalue weighted by molar-refractivity contribution is -0.136. The Morgan fingerprint density at radius 3 is 2.53 bits per heavy atom. The molecule has 0 bridgehead atoms. The number of rotatable bonds is 4. The van der Waals surface area contributed by atoms with Crippen LogP contribution in [0.4, 0.5) is 5.69 Å². The fourth-order valence-corrected chi connectivity index (χ4v) is 1.55. The molecule has 1 amide bonds. The molecule has 2 aromatic rings. The fraction of sp³-hybridized carbons (Fsp3) is 0.154. The number of carbonyl (C=O) groups is 2. The van der Waals surface area contributed by atoms with Gasteiger partial charge in [-0.05, 0) is 24.6 Å². The van der Waals surface area contributed by atoms with Gasteiger partial charge in [-0.15, -0.1) is 0 Å². The molecule has 6 nitrogen and oxygen atoms in total. The maximum absolute atomic E-state index is 11.8. The summed E-state index contributed by atoms with van der Waals surface area (Å²) in [6.45, 7) is 1.70. The van der Waals surface area contributed by atoms with Gasteiger partial charge in [0.1, 0.15) is 5.76 Å². The van der Waals surface area contributed by atoms with Crippen molar-refractivity contribution < 1.29 is 19.2 Å². The normalized spacial score (nSPS) is 10.2. The predicted molar refractivity (Wildman–Crippen MR) is 67.0 cm³/mol. The third-order valence-corrected chi connectivity index (χ3v) is 2.43. The van der Waals surface area contributed by atoms with Crippen molar-refractivity contribution >= 4 is 17.6 Å². The first-order valence-corrected chi connectivity index (χ1v) is 5.60. The van der Waals surface area contributed by atoms with E-state index in [1.54, 1.807) is 31.2 Å². The Bertz CT molecular complexity index is 601. The summed E-state index contributed by atoms with van der Waals surface area (Å²) in [6.07, 6.45) is -0.0449. The van der Waals surface area contributed by atoms with Gasteiger partial charge in [0.05, 0.1) is 6.42 Å². The van der Waals surface area contributed by atoms with Crippen molar-refractivity contribution in [3.05, 3.63) is 47.3 Å². The van der Waals surface area contributed by atoms with E-state index in [1.165, 1.54) is 6.07 Å². The maximum atomic E-state index is 11.8. The number of aliphatic carboxylic acids is 1. The smallest absolute Gasteiger partial charge is 0.307 e. The van der Waals surface area contributed by atoms with Gasteiger partial charge in [-0.25, -0.2) is 0 Å². The zero-order chi connectivity index (χ0) is 13.8. The van der Waals surface area contributed by atoms with Gasteiger partial charge in [0, 0.05) is 11.8 Å². The minimum atomic E-state index is -0.894. The Morgan fingerprint density at radius 2 is 2.00 bits per heavy atom. The standard InChI is InChI=1S/C13H12N2O4/c1-8-6-11(15-19-8)13(18)14-10-4-2-9(3-5-10)7-12(16)17/h2-6H,7H2,1H3,(H,14,18)(H,16,17). The van der Waals surface area contributed by atoms with E-state index in [2.05, 4.69) is 10.5 Å². The van der Waals surface area contributed by atoms with Crippen molar-refractivity contribution in [2.45, 2.75) is 13.3 Å². The van der Waals surface area contributed by atoms with E-state index in [1.807, 2.05) is 0 Å². The highest BCUT2D eigenvalue weighted by Crippen LogP contribution is 2.12. The van der Waals surface area contributed by atoms with Crippen LogP contribution in [0.15, 0.2) is 34.9 Å². The molecule has 0 atom stereocenters. The third-order valence-electron chi connectivity index (χ3n) is 2.43. The number of amides is 1. The number of aromatic nitrogens is 1. The Morgan fingerprint density at radius 1 is 1.32 bits per heavy atom. The second-order valence-corrected chi connectivity index (χ2v) is 4.04. The molecular weight excluding hydrogens is 248 g/mol. The molecule has 19 heavy (non-hydrogen) atoms. The average molecular weight is 260 g/mol. The third kappa shape index (κ3) is 3.41. The van der Waals surface area contributed by atoms with Crippen LogP contribution >= 0.6 is 0 Å². The summed E-state index contributed by atoms with van der Waals surface area (Å²) in [6, 6.07) is 8.12. The van der Waals surface area contributed by atoms with Gasteiger partial charge in [-0.3, -0.25) is 9.59 Å². The Hall–Kier alpha value is -2.63. The van der Waals surface area contributed by atoms with Crippen molar-refractivity contribution in [3.8, 4) is 0 Å². The summed E-state index contributed by atoms with van der Waals surface area (Å²) < 4.78 is 4.81. The number of nitrogens with one attached hydrogen (secondary N) is 1. The summed E-state index contributed by atoms with van der Waals surface area (Å²) in [7, 11) is 0. The molecule has 0 spiro atoms. The quantitative estimate of drug-likeness (QED) is 0.875. The van der Waals surface area contributed by atoms with Gasteiger partial charge in [0.2, 0.25) is 0 Å². The molecule has 0 aliphatic heterocycles. The lowest BCUT2D eigenvalue weighted by atomic mass is 10.1. The van der Waals surface area contributed by atoms with Crippen LogP contribution in [0.25, 0.3) is 0 Å². The Labute approximate surface area is 109 Å². The van der Waals surface area contributed by atoms with E-state index < -0.39 is 5.97 Å². The van der Waals surface area contributed by atoms with Crippen molar-refractivity contribution in [2.75, 3.05) is 5.32 Å². The first-order valence-electron chi connectivity index (χ1n) is 5.60. The number of carbonyl (C=O) groups excluding carboxylic acids is 1. The summed E-state index contributed by atoms with van der Waals surface area (Å²) in [5.41, 5.74) is 1.44. The number of aryl methyl sites for hydroxylation is 1. The van der Waals surface area contributed by atoms with E-state index in [-0.39, 0.29) is 18.0 Å².